The zero-order chi connectivity index (χ0) is 23.2. The number of H-pyrrole nitrogens is 2. The number of anilines is 2. The minimum absolute atomic E-state index is 0.675. The molecule has 0 unspecified atom stereocenters. The lowest BCUT2D eigenvalue weighted by Gasteiger charge is -2.33. The quantitative estimate of drug-likeness (QED) is 0.427. The van der Waals surface area contributed by atoms with E-state index in [1.807, 2.05) is 55.8 Å². The molecule has 0 spiro atoms. The van der Waals surface area contributed by atoms with E-state index in [1.165, 1.54) is 0 Å². The SMILES string of the molecule is CN1CCN(c2nccc3[nH]c(-c4n[nH]c5ccc(-c6cncc(N(C)C)c6)nc45)nc23)CC1. The van der Waals surface area contributed by atoms with Crippen LogP contribution in [-0.2, 0) is 0 Å². The lowest BCUT2D eigenvalue weighted by Crippen LogP contribution is -2.44. The van der Waals surface area contributed by atoms with Gasteiger partial charge < -0.3 is 19.7 Å². The first-order valence-corrected chi connectivity index (χ1v) is 11.3. The number of likely N-dealkylation sites (N-methyl/N-ethyl adjacent to an activating group) is 1. The van der Waals surface area contributed by atoms with Gasteiger partial charge in [0.1, 0.15) is 11.0 Å². The Balaban J connectivity index is 1.42. The van der Waals surface area contributed by atoms with Crippen molar-refractivity contribution in [2.75, 3.05) is 57.1 Å². The van der Waals surface area contributed by atoms with Gasteiger partial charge in [-0.25, -0.2) is 15.0 Å². The summed E-state index contributed by atoms with van der Waals surface area (Å²) in [6.45, 7) is 3.88. The number of nitrogens with zero attached hydrogens (tertiary/aromatic N) is 8. The highest BCUT2D eigenvalue weighted by Gasteiger charge is 2.21. The molecule has 0 amide bonds. The number of fused-ring (bicyclic) bond motifs is 2. The summed E-state index contributed by atoms with van der Waals surface area (Å²) in [4.78, 5) is 29.0. The minimum Gasteiger partial charge on any atom is -0.376 e. The van der Waals surface area contributed by atoms with Crippen molar-refractivity contribution < 1.29 is 0 Å². The molecule has 6 heterocycles. The number of pyridine rings is 3. The van der Waals surface area contributed by atoms with E-state index in [9.17, 15) is 0 Å². The highest BCUT2D eigenvalue weighted by Crippen LogP contribution is 2.30. The predicted molar refractivity (Wildman–Crippen MR) is 134 cm³/mol. The summed E-state index contributed by atoms with van der Waals surface area (Å²) >= 11 is 0. The molecule has 1 saturated heterocycles. The first kappa shape index (κ1) is 20.5. The maximum atomic E-state index is 4.93. The van der Waals surface area contributed by atoms with Crippen molar-refractivity contribution in [3.63, 3.8) is 0 Å². The smallest absolute Gasteiger partial charge is 0.161 e. The fourth-order valence-electron chi connectivity index (χ4n) is 4.32. The Morgan fingerprint density at radius 3 is 2.62 bits per heavy atom. The second kappa shape index (κ2) is 8.07. The van der Waals surface area contributed by atoms with Gasteiger partial charge in [0, 0.05) is 58.2 Å². The number of aromatic amines is 2. The summed E-state index contributed by atoms with van der Waals surface area (Å²) in [5, 5.41) is 7.64. The third kappa shape index (κ3) is 3.52. The minimum atomic E-state index is 0.675. The lowest BCUT2D eigenvalue weighted by atomic mass is 10.1. The third-order valence-electron chi connectivity index (χ3n) is 6.35. The Bertz CT molecular complexity index is 1480. The average molecular weight is 455 g/mol. The molecule has 2 N–H and O–H groups in total. The fourth-order valence-corrected chi connectivity index (χ4v) is 4.32. The molecule has 0 saturated carbocycles. The second-order valence-electron chi connectivity index (χ2n) is 8.90. The number of hydrogen-bond acceptors (Lipinski definition) is 8. The number of imidazole rings is 1. The molecule has 10 nitrogen and oxygen atoms in total. The summed E-state index contributed by atoms with van der Waals surface area (Å²) in [5.41, 5.74) is 6.91. The molecule has 6 rings (SSSR count). The summed E-state index contributed by atoms with van der Waals surface area (Å²) < 4.78 is 0. The molecular weight excluding hydrogens is 428 g/mol. The molecule has 0 bridgehead atoms. The summed E-state index contributed by atoms with van der Waals surface area (Å²) in [5.74, 6) is 1.59. The average Bonchev–Trinajstić information content (AvgIpc) is 3.48. The maximum absolute atomic E-state index is 4.93. The van der Waals surface area contributed by atoms with Crippen molar-refractivity contribution in [1.29, 1.82) is 0 Å². The van der Waals surface area contributed by atoms with Gasteiger partial charge in [0.25, 0.3) is 0 Å². The van der Waals surface area contributed by atoms with Gasteiger partial charge in [0.05, 0.1) is 28.6 Å². The Hall–Kier alpha value is -4.05. The normalized spacial score (nSPS) is 14.9. The molecule has 5 aromatic heterocycles. The Labute approximate surface area is 196 Å². The van der Waals surface area contributed by atoms with Gasteiger partial charge in [0.15, 0.2) is 17.3 Å². The molecule has 172 valence electrons. The van der Waals surface area contributed by atoms with E-state index in [2.05, 4.69) is 48.1 Å². The van der Waals surface area contributed by atoms with Crippen molar-refractivity contribution in [3.05, 3.63) is 42.9 Å². The molecule has 10 heteroatoms. The maximum Gasteiger partial charge on any atom is 0.161 e. The number of rotatable bonds is 4. The van der Waals surface area contributed by atoms with Crippen LogP contribution < -0.4 is 9.80 Å². The first-order chi connectivity index (χ1) is 16.6. The lowest BCUT2D eigenvalue weighted by molar-refractivity contribution is 0.312. The van der Waals surface area contributed by atoms with Gasteiger partial charge in [-0.15, -0.1) is 0 Å². The Morgan fingerprint density at radius 1 is 0.941 bits per heavy atom. The molecule has 1 aliphatic rings. The van der Waals surface area contributed by atoms with Crippen LogP contribution in [0.2, 0.25) is 0 Å². The molecular formula is C24H26N10. The van der Waals surface area contributed by atoms with E-state index < -0.39 is 0 Å². The zero-order valence-electron chi connectivity index (χ0n) is 19.4. The largest absolute Gasteiger partial charge is 0.376 e. The van der Waals surface area contributed by atoms with Crippen LogP contribution in [0.25, 0.3) is 44.8 Å². The zero-order valence-corrected chi connectivity index (χ0v) is 19.4. The molecule has 0 aliphatic carbocycles. The molecule has 0 atom stereocenters. The Morgan fingerprint density at radius 2 is 1.79 bits per heavy atom. The Kier molecular flexibility index (Phi) is 4.88. The van der Waals surface area contributed by atoms with Crippen LogP contribution in [0, 0.1) is 0 Å². The standard InChI is InChI=1S/C24H26N10/c1-32(2)16-12-15(13-25-14-16)17-4-5-19-20(27-17)22(31-30-19)23-28-18-6-7-26-24(21(18)29-23)34-10-8-33(3)9-11-34/h4-7,12-14H,8-11H2,1-3H3,(H,28,29)(H,30,31). The van der Waals surface area contributed by atoms with Crippen molar-refractivity contribution in [2.24, 2.45) is 0 Å². The molecule has 1 aliphatic heterocycles. The van der Waals surface area contributed by atoms with Gasteiger partial charge in [0.2, 0.25) is 0 Å². The van der Waals surface area contributed by atoms with E-state index in [1.54, 1.807) is 0 Å². The monoisotopic (exact) mass is 454 g/mol. The van der Waals surface area contributed by atoms with Crippen LogP contribution in [0.3, 0.4) is 0 Å². The van der Waals surface area contributed by atoms with Crippen LogP contribution in [0.1, 0.15) is 0 Å². The van der Waals surface area contributed by atoms with Crippen molar-refractivity contribution >= 4 is 33.6 Å². The fraction of sp³-hybridized carbons (Fsp3) is 0.292. The van der Waals surface area contributed by atoms with Crippen LogP contribution in [0.15, 0.2) is 42.9 Å². The van der Waals surface area contributed by atoms with Gasteiger partial charge in [-0.05, 0) is 31.3 Å². The molecule has 34 heavy (non-hydrogen) atoms. The van der Waals surface area contributed by atoms with Gasteiger partial charge in [-0.1, -0.05) is 0 Å². The summed E-state index contributed by atoms with van der Waals surface area (Å²) in [6.07, 6.45) is 5.50. The van der Waals surface area contributed by atoms with Crippen LogP contribution in [-0.4, -0.2) is 87.3 Å². The highest BCUT2D eigenvalue weighted by molar-refractivity contribution is 5.94. The van der Waals surface area contributed by atoms with E-state index >= 15 is 0 Å². The van der Waals surface area contributed by atoms with Crippen molar-refractivity contribution in [2.45, 2.75) is 0 Å². The van der Waals surface area contributed by atoms with Crippen molar-refractivity contribution in [3.8, 4) is 22.8 Å². The number of piperazine rings is 1. The number of hydrogen-bond donors (Lipinski definition) is 2. The van der Waals surface area contributed by atoms with E-state index in [-0.39, 0.29) is 0 Å². The van der Waals surface area contributed by atoms with E-state index in [0.29, 0.717) is 11.5 Å². The van der Waals surface area contributed by atoms with Crippen molar-refractivity contribution in [1.82, 2.24) is 40.0 Å². The molecule has 0 aromatic carbocycles. The topological polar surface area (TPSA) is 106 Å². The number of nitrogens with one attached hydrogen (secondary N) is 2. The molecule has 0 radical (unpaired) electrons. The third-order valence-corrected chi connectivity index (χ3v) is 6.35. The van der Waals surface area contributed by atoms with Crippen LogP contribution >= 0.6 is 0 Å². The van der Waals surface area contributed by atoms with Gasteiger partial charge in [-0.3, -0.25) is 10.1 Å². The molecule has 5 aromatic rings. The van der Waals surface area contributed by atoms with Crippen LogP contribution in [0.4, 0.5) is 11.5 Å². The van der Waals surface area contributed by atoms with Gasteiger partial charge >= 0.3 is 0 Å². The number of aromatic nitrogens is 7. The van der Waals surface area contributed by atoms with Crippen LogP contribution in [0.5, 0.6) is 0 Å². The summed E-state index contributed by atoms with van der Waals surface area (Å²) in [6, 6.07) is 8.01. The van der Waals surface area contributed by atoms with E-state index in [4.69, 9.17) is 9.97 Å². The highest BCUT2D eigenvalue weighted by atomic mass is 15.3. The second-order valence-corrected chi connectivity index (χ2v) is 8.90. The predicted octanol–water partition coefficient (Wildman–Crippen LogP) is 2.78. The van der Waals surface area contributed by atoms with E-state index in [0.717, 1.165) is 71.0 Å². The first-order valence-electron chi connectivity index (χ1n) is 11.3. The molecule has 1 fully saturated rings. The summed E-state index contributed by atoms with van der Waals surface area (Å²) in [7, 11) is 6.14. The van der Waals surface area contributed by atoms with Gasteiger partial charge in [-0.2, -0.15) is 5.10 Å².